The first-order valence-electron chi connectivity index (χ1n) is 8.35. The van der Waals surface area contributed by atoms with Crippen LogP contribution in [0.2, 0.25) is 5.02 Å². The van der Waals surface area contributed by atoms with Crippen LogP contribution in [0, 0.1) is 0 Å². The van der Waals surface area contributed by atoms with Crippen LogP contribution in [0.15, 0.2) is 54.6 Å². The summed E-state index contributed by atoms with van der Waals surface area (Å²) in [5.41, 5.74) is 0.622. The van der Waals surface area contributed by atoms with Gasteiger partial charge in [0, 0.05) is 17.1 Å². The number of carboxylic acids is 1. The minimum atomic E-state index is -1.36. The fourth-order valence-electron chi connectivity index (χ4n) is 2.79. The molecule has 1 heterocycles. The maximum absolute atomic E-state index is 12.5. The first-order valence-corrected chi connectivity index (χ1v) is 8.73. The smallest absolute Gasteiger partial charge is 0.335 e. The molecule has 3 rings (SSSR count). The molecule has 5 amide bonds. The molecule has 2 aromatic rings. The van der Waals surface area contributed by atoms with Crippen molar-refractivity contribution in [2.24, 2.45) is 0 Å². The highest BCUT2D eigenvalue weighted by atomic mass is 35.5. The predicted octanol–water partition coefficient (Wildman–Crippen LogP) is 2.75. The molecule has 9 heteroatoms. The van der Waals surface area contributed by atoms with Gasteiger partial charge in [0.05, 0.1) is 6.54 Å². The molecule has 1 unspecified atom stereocenters. The molecule has 0 spiro atoms. The van der Waals surface area contributed by atoms with Crippen molar-refractivity contribution in [2.45, 2.75) is 6.04 Å². The Morgan fingerprint density at radius 1 is 0.964 bits per heavy atom. The lowest BCUT2D eigenvalue weighted by Gasteiger charge is -2.20. The molecule has 0 radical (unpaired) electrons. The van der Waals surface area contributed by atoms with E-state index in [-0.39, 0.29) is 13.1 Å². The van der Waals surface area contributed by atoms with E-state index < -0.39 is 30.0 Å². The first kappa shape index (κ1) is 19.4. The summed E-state index contributed by atoms with van der Waals surface area (Å²) < 4.78 is 0. The van der Waals surface area contributed by atoms with E-state index in [0.29, 0.717) is 16.1 Å². The Hall–Kier alpha value is -3.39. The SMILES string of the molecule is O=C(O)C(NC(=O)N1CCN(C(=O)c2ccccc2)C1=O)c1ccc(Cl)cc1. The molecule has 0 saturated carbocycles. The van der Waals surface area contributed by atoms with Crippen molar-refractivity contribution in [1.29, 1.82) is 0 Å². The molecule has 2 aromatic carbocycles. The number of carboxylic acid groups (broad SMARTS) is 1. The standard InChI is InChI=1S/C19H16ClN3O5/c20-14-8-6-12(7-9-14)15(17(25)26)21-18(27)23-11-10-22(19(23)28)16(24)13-4-2-1-3-5-13/h1-9,15H,10-11H2,(H,21,27)(H,25,26). The van der Waals surface area contributed by atoms with Gasteiger partial charge in [-0.15, -0.1) is 0 Å². The summed E-state index contributed by atoms with van der Waals surface area (Å²) in [5, 5.41) is 12.2. The van der Waals surface area contributed by atoms with E-state index in [1.165, 1.54) is 24.3 Å². The van der Waals surface area contributed by atoms with Gasteiger partial charge in [-0.3, -0.25) is 9.69 Å². The number of hydrogen-bond acceptors (Lipinski definition) is 4. The molecule has 1 fully saturated rings. The Kier molecular flexibility index (Phi) is 5.60. The van der Waals surface area contributed by atoms with Crippen LogP contribution >= 0.6 is 11.6 Å². The Morgan fingerprint density at radius 3 is 2.18 bits per heavy atom. The number of carbonyl (C=O) groups excluding carboxylic acids is 3. The molecule has 1 aliphatic heterocycles. The molecule has 0 aromatic heterocycles. The van der Waals surface area contributed by atoms with Gasteiger partial charge in [0.25, 0.3) is 5.91 Å². The number of imide groups is 2. The second-order valence-electron chi connectivity index (χ2n) is 6.03. The van der Waals surface area contributed by atoms with E-state index in [4.69, 9.17) is 11.6 Å². The molecular formula is C19H16ClN3O5. The van der Waals surface area contributed by atoms with Crippen molar-refractivity contribution in [3.63, 3.8) is 0 Å². The van der Waals surface area contributed by atoms with E-state index >= 15 is 0 Å². The zero-order valence-electron chi connectivity index (χ0n) is 14.5. The third-order valence-electron chi connectivity index (χ3n) is 4.24. The Balaban J connectivity index is 1.72. The third-order valence-corrected chi connectivity index (χ3v) is 4.49. The molecule has 1 aliphatic rings. The van der Waals surface area contributed by atoms with Crippen LogP contribution in [0.3, 0.4) is 0 Å². The minimum Gasteiger partial charge on any atom is -0.479 e. The van der Waals surface area contributed by atoms with Crippen LogP contribution in [-0.2, 0) is 4.79 Å². The highest BCUT2D eigenvalue weighted by Gasteiger charge is 2.38. The molecule has 2 N–H and O–H groups in total. The van der Waals surface area contributed by atoms with Crippen LogP contribution in [0.25, 0.3) is 0 Å². The van der Waals surface area contributed by atoms with Gasteiger partial charge in [-0.05, 0) is 29.8 Å². The summed E-state index contributed by atoms with van der Waals surface area (Å²) in [7, 11) is 0. The predicted molar refractivity (Wildman–Crippen MR) is 99.9 cm³/mol. The fourth-order valence-corrected chi connectivity index (χ4v) is 2.92. The van der Waals surface area contributed by atoms with Gasteiger partial charge in [0.1, 0.15) is 0 Å². The summed E-state index contributed by atoms with van der Waals surface area (Å²) in [4.78, 5) is 50.8. The monoisotopic (exact) mass is 401 g/mol. The summed E-state index contributed by atoms with van der Waals surface area (Å²) >= 11 is 5.80. The van der Waals surface area contributed by atoms with E-state index in [1.54, 1.807) is 30.3 Å². The lowest BCUT2D eigenvalue weighted by atomic mass is 10.1. The number of benzene rings is 2. The molecule has 8 nitrogen and oxygen atoms in total. The Morgan fingerprint density at radius 2 is 1.57 bits per heavy atom. The van der Waals surface area contributed by atoms with E-state index in [9.17, 15) is 24.3 Å². The van der Waals surface area contributed by atoms with Crippen molar-refractivity contribution in [3.05, 3.63) is 70.7 Å². The molecule has 1 atom stereocenters. The second-order valence-corrected chi connectivity index (χ2v) is 6.47. The normalized spacial score (nSPS) is 14.7. The molecule has 1 saturated heterocycles. The van der Waals surface area contributed by atoms with Gasteiger partial charge >= 0.3 is 18.0 Å². The number of urea groups is 2. The fraction of sp³-hybridized carbons (Fsp3) is 0.158. The molecule has 0 aliphatic carbocycles. The maximum Gasteiger partial charge on any atom is 0.335 e. The number of amides is 5. The van der Waals surface area contributed by atoms with Gasteiger partial charge < -0.3 is 10.4 Å². The highest BCUT2D eigenvalue weighted by molar-refractivity contribution is 6.30. The van der Waals surface area contributed by atoms with Crippen LogP contribution in [0.1, 0.15) is 22.0 Å². The summed E-state index contributed by atoms with van der Waals surface area (Å²) in [6.45, 7) is -0.00510. The summed E-state index contributed by atoms with van der Waals surface area (Å²) in [5.74, 6) is -1.81. The molecule has 144 valence electrons. The second kappa shape index (κ2) is 8.10. The number of aliphatic carboxylic acids is 1. The molecule has 0 bridgehead atoms. The van der Waals surface area contributed by atoms with Gasteiger partial charge in [0.15, 0.2) is 6.04 Å². The quantitative estimate of drug-likeness (QED) is 0.819. The van der Waals surface area contributed by atoms with Gasteiger partial charge in [-0.2, -0.15) is 0 Å². The first-order chi connectivity index (χ1) is 13.4. The average Bonchev–Trinajstić information content (AvgIpc) is 3.08. The van der Waals surface area contributed by atoms with Crippen LogP contribution < -0.4 is 5.32 Å². The number of halogens is 1. The number of nitrogens with one attached hydrogen (secondary N) is 1. The minimum absolute atomic E-state index is 0.0265. The number of rotatable bonds is 4. The number of hydrogen-bond donors (Lipinski definition) is 2. The third kappa shape index (κ3) is 3.96. The van der Waals surface area contributed by atoms with Crippen LogP contribution in [0.4, 0.5) is 9.59 Å². The van der Waals surface area contributed by atoms with Crippen molar-refractivity contribution in [1.82, 2.24) is 15.1 Å². The van der Waals surface area contributed by atoms with Crippen molar-refractivity contribution >= 4 is 35.5 Å². The lowest BCUT2D eigenvalue weighted by Crippen LogP contribution is -2.46. The zero-order valence-corrected chi connectivity index (χ0v) is 15.3. The summed E-state index contributed by atoms with van der Waals surface area (Å²) in [6, 6.07) is 11.1. The topological polar surface area (TPSA) is 107 Å². The Bertz CT molecular complexity index is 917. The Labute approximate surface area is 165 Å². The van der Waals surface area contributed by atoms with Crippen molar-refractivity contribution < 1.29 is 24.3 Å². The summed E-state index contributed by atoms with van der Waals surface area (Å²) in [6.07, 6.45) is 0. The zero-order chi connectivity index (χ0) is 20.3. The molecular weight excluding hydrogens is 386 g/mol. The lowest BCUT2D eigenvalue weighted by molar-refractivity contribution is -0.139. The van der Waals surface area contributed by atoms with Gasteiger partial charge in [-0.25, -0.2) is 19.3 Å². The van der Waals surface area contributed by atoms with E-state index in [1.807, 2.05) is 0 Å². The van der Waals surface area contributed by atoms with E-state index in [0.717, 1.165) is 9.80 Å². The van der Waals surface area contributed by atoms with E-state index in [2.05, 4.69) is 5.32 Å². The van der Waals surface area contributed by atoms with Crippen LogP contribution in [-0.4, -0.2) is 51.9 Å². The maximum atomic E-state index is 12.5. The van der Waals surface area contributed by atoms with Gasteiger partial charge in [0.2, 0.25) is 0 Å². The largest absolute Gasteiger partial charge is 0.479 e. The number of carbonyl (C=O) groups is 4. The van der Waals surface area contributed by atoms with Gasteiger partial charge in [-0.1, -0.05) is 41.9 Å². The number of nitrogens with zero attached hydrogens (tertiary/aromatic N) is 2. The van der Waals surface area contributed by atoms with Crippen molar-refractivity contribution in [3.8, 4) is 0 Å². The average molecular weight is 402 g/mol. The van der Waals surface area contributed by atoms with Crippen molar-refractivity contribution in [2.75, 3.05) is 13.1 Å². The van der Waals surface area contributed by atoms with Crippen LogP contribution in [0.5, 0.6) is 0 Å². The highest BCUT2D eigenvalue weighted by Crippen LogP contribution is 2.19. The molecule has 28 heavy (non-hydrogen) atoms.